The number of thiazole rings is 1. The fourth-order valence-electron chi connectivity index (χ4n) is 4.45. The number of aromatic hydroxyl groups is 1. The number of carbonyl (C=O) groups excluding carboxylic acids is 1. The Morgan fingerprint density at radius 3 is 2.55 bits per heavy atom. The average Bonchev–Trinajstić information content (AvgIpc) is 3.43. The van der Waals surface area contributed by atoms with Gasteiger partial charge in [-0.2, -0.15) is 4.31 Å². The average molecular weight is 582 g/mol. The van der Waals surface area contributed by atoms with Gasteiger partial charge in [-0.25, -0.2) is 13.4 Å². The normalized spacial score (nSPS) is 14.2. The van der Waals surface area contributed by atoms with Crippen LogP contribution >= 0.6 is 11.3 Å². The van der Waals surface area contributed by atoms with Gasteiger partial charge in [0.2, 0.25) is 10.0 Å². The third-order valence-corrected chi connectivity index (χ3v) is 9.64. The zero-order valence-corrected chi connectivity index (χ0v) is 24.2. The van der Waals surface area contributed by atoms with Crippen molar-refractivity contribution in [3.8, 4) is 5.75 Å². The molecule has 4 rings (SSSR count). The number of fused-ring (bicyclic) bond motifs is 1. The zero-order chi connectivity index (χ0) is 28.7. The van der Waals surface area contributed by atoms with Crippen LogP contribution < -0.4 is 5.32 Å². The highest BCUT2D eigenvalue weighted by molar-refractivity contribution is 7.89. The van der Waals surface area contributed by atoms with Gasteiger partial charge in [-0.3, -0.25) is 4.79 Å². The van der Waals surface area contributed by atoms with Crippen molar-refractivity contribution in [3.05, 3.63) is 89.4 Å². The van der Waals surface area contributed by atoms with Crippen LogP contribution in [0, 0.1) is 5.92 Å². The van der Waals surface area contributed by atoms with Crippen LogP contribution in [0.2, 0.25) is 0 Å². The molecule has 3 atom stereocenters. The van der Waals surface area contributed by atoms with E-state index in [9.17, 15) is 23.4 Å². The van der Waals surface area contributed by atoms with Crippen LogP contribution in [0.4, 0.5) is 0 Å². The highest BCUT2D eigenvalue weighted by atomic mass is 32.2. The second kappa shape index (κ2) is 13.4. The predicted molar refractivity (Wildman–Crippen MR) is 158 cm³/mol. The fourth-order valence-corrected chi connectivity index (χ4v) is 6.85. The number of phenolic OH excluding ortho intramolecular Hbond substituents is 1. The van der Waals surface area contributed by atoms with E-state index in [2.05, 4.69) is 10.3 Å². The maximum atomic E-state index is 13.9. The van der Waals surface area contributed by atoms with E-state index in [4.69, 9.17) is 0 Å². The summed E-state index contributed by atoms with van der Waals surface area (Å²) in [7, 11) is -3.95. The van der Waals surface area contributed by atoms with Gasteiger partial charge in [0.15, 0.2) is 0 Å². The van der Waals surface area contributed by atoms with Gasteiger partial charge in [-0.05, 0) is 60.7 Å². The number of hydrogen-bond donors (Lipinski definition) is 3. The molecule has 0 unspecified atom stereocenters. The number of nitrogens with one attached hydrogen (secondary N) is 1. The summed E-state index contributed by atoms with van der Waals surface area (Å²) >= 11 is 1.37. The Balaban J connectivity index is 1.60. The van der Waals surface area contributed by atoms with Crippen molar-refractivity contribution >= 4 is 37.5 Å². The Bertz CT molecular complexity index is 1520. The lowest BCUT2D eigenvalue weighted by molar-refractivity contribution is 0.0757. The number of amides is 1. The molecular formula is C30H35N3O5S2. The summed E-state index contributed by atoms with van der Waals surface area (Å²) in [6.07, 6.45) is 0.542. The van der Waals surface area contributed by atoms with Crippen molar-refractivity contribution in [2.24, 2.45) is 5.92 Å². The van der Waals surface area contributed by atoms with Gasteiger partial charge < -0.3 is 15.5 Å². The number of aromatic nitrogens is 1. The van der Waals surface area contributed by atoms with E-state index < -0.39 is 28.1 Å². The van der Waals surface area contributed by atoms with Gasteiger partial charge in [0.05, 0.1) is 32.8 Å². The molecule has 0 spiro atoms. The first-order valence-electron chi connectivity index (χ1n) is 13.3. The monoisotopic (exact) mass is 581 g/mol. The van der Waals surface area contributed by atoms with Crippen LogP contribution in [-0.2, 0) is 16.4 Å². The summed E-state index contributed by atoms with van der Waals surface area (Å²) in [5, 5.41) is 24.2. The molecule has 212 valence electrons. The van der Waals surface area contributed by atoms with E-state index in [1.807, 2.05) is 44.2 Å². The third-order valence-electron chi connectivity index (χ3n) is 7.02. The first-order valence-corrected chi connectivity index (χ1v) is 15.6. The molecule has 0 bridgehead atoms. The summed E-state index contributed by atoms with van der Waals surface area (Å²) in [5.41, 5.74) is 3.69. The van der Waals surface area contributed by atoms with Crippen molar-refractivity contribution in [3.63, 3.8) is 0 Å². The van der Waals surface area contributed by atoms with Crippen molar-refractivity contribution in [2.45, 2.75) is 50.2 Å². The minimum atomic E-state index is -3.95. The van der Waals surface area contributed by atoms with E-state index in [-0.39, 0.29) is 35.2 Å². The Morgan fingerprint density at radius 1 is 1.05 bits per heavy atom. The number of sulfonamides is 1. The molecule has 0 aliphatic rings. The molecule has 0 aliphatic heterocycles. The maximum absolute atomic E-state index is 13.9. The Hall–Kier alpha value is -3.31. The predicted octanol–water partition coefficient (Wildman–Crippen LogP) is 4.83. The van der Waals surface area contributed by atoms with Crippen LogP contribution in [0.1, 0.15) is 42.6 Å². The smallest absolute Gasteiger partial charge is 0.251 e. The molecule has 1 heterocycles. The van der Waals surface area contributed by atoms with Gasteiger partial charge in [0.25, 0.3) is 5.91 Å². The lowest BCUT2D eigenvalue weighted by Gasteiger charge is -2.31. The second-order valence-corrected chi connectivity index (χ2v) is 12.9. The summed E-state index contributed by atoms with van der Waals surface area (Å²) in [6.45, 7) is 4.00. The lowest BCUT2D eigenvalue weighted by Crippen LogP contribution is -2.50. The van der Waals surface area contributed by atoms with E-state index >= 15 is 0 Å². The van der Waals surface area contributed by atoms with Gasteiger partial charge in [0.1, 0.15) is 5.75 Å². The van der Waals surface area contributed by atoms with Crippen molar-refractivity contribution in [2.75, 3.05) is 13.1 Å². The molecule has 0 aliphatic carbocycles. The molecule has 10 heteroatoms. The molecular weight excluding hydrogens is 546 g/mol. The van der Waals surface area contributed by atoms with Crippen LogP contribution in [0.5, 0.6) is 5.75 Å². The fraction of sp³-hybridized carbons (Fsp3) is 0.333. The van der Waals surface area contributed by atoms with E-state index in [1.165, 1.54) is 27.8 Å². The summed E-state index contributed by atoms with van der Waals surface area (Å²) < 4.78 is 29.8. The van der Waals surface area contributed by atoms with Crippen LogP contribution in [0.25, 0.3) is 10.2 Å². The number of hydrogen-bond acceptors (Lipinski definition) is 7. The number of aliphatic hydroxyl groups is 1. The molecule has 3 N–H and O–H groups in total. The number of nitrogens with zero attached hydrogens (tertiary/aromatic N) is 2. The number of phenols is 1. The first-order chi connectivity index (χ1) is 19.2. The lowest BCUT2D eigenvalue weighted by atomic mass is 10.00. The largest absolute Gasteiger partial charge is 0.508 e. The SMILES string of the molecule is CC[C@H](C)CN(C[C@@H](O)[C@H](CCc1ccccc1)NC(=O)c1cccc(O)c1)S(=O)(=O)c1ccc2ncsc2c1. The van der Waals surface area contributed by atoms with Gasteiger partial charge in [-0.1, -0.05) is 56.7 Å². The van der Waals surface area contributed by atoms with Crippen molar-refractivity contribution < 1.29 is 23.4 Å². The van der Waals surface area contributed by atoms with Crippen LogP contribution in [0.3, 0.4) is 0 Å². The highest BCUT2D eigenvalue weighted by Gasteiger charge is 2.32. The van der Waals surface area contributed by atoms with Gasteiger partial charge >= 0.3 is 0 Å². The molecule has 40 heavy (non-hydrogen) atoms. The highest BCUT2D eigenvalue weighted by Crippen LogP contribution is 2.26. The number of aliphatic hydroxyl groups excluding tert-OH is 1. The molecule has 1 amide bonds. The van der Waals surface area contributed by atoms with Crippen LogP contribution in [0.15, 0.2) is 83.2 Å². The summed E-state index contributed by atoms with van der Waals surface area (Å²) in [6, 6.07) is 19.8. The molecule has 4 aromatic rings. The molecule has 3 aromatic carbocycles. The Labute approximate surface area is 239 Å². The molecule has 1 aromatic heterocycles. The quantitative estimate of drug-likeness (QED) is 0.208. The number of benzene rings is 3. The van der Waals surface area contributed by atoms with E-state index in [1.54, 1.807) is 35.8 Å². The van der Waals surface area contributed by atoms with Crippen LogP contribution in [-0.4, -0.2) is 59.1 Å². The molecule has 0 saturated heterocycles. The Morgan fingerprint density at radius 2 is 1.82 bits per heavy atom. The summed E-state index contributed by atoms with van der Waals surface area (Å²) in [5.74, 6) is -0.448. The molecule has 0 fully saturated rings. The maximum Gasteiger partial charge on any atom is 0.251 e. The summed E-state index contributed by atoms with van der Waals surface area (Å²) in [4.78, 5) is 17.5. The molecule has 0 saturated carbocycles. The molecule has 0 radical (unpaired) electrons. The van der Waals surface area contributed by atoms with Crippen molar-refractivity contribution in [1.29, 1.82) is 0 Å². The van der Waals surface area contributed by atoms with Gasteiger partial charge in [0, 0.05) is 18.7 Å². The second-order valence-electron chi connectivity index (χ2n) is 10.0. The Kier molecular flexibility index (Phi) is 9.91. The minimum absolute atomic E-state index is 0.0437. The molecule has 8 nitrogen and oxygen atoms in total. The third kappa shape index (κ3) is 7.45. The topological polar surface area (TPSA) is 120 Å². The van der Waals surface area contributed by atoms with E-state index in [0.717, 1.165) is 22.2 Å². The zero-order valence-electron chi connectivity index (χ0n) is 22.6. The van der Waals surface area contributed by atoms with Gasteiger partial charge in [-0.15, -0.1) is 11.3 Å². The standard InChI is InChI=1S/C30H35N3O5S2/c1-3-21(2)18-33(40(37,38)25-13-15-27-29(17-25)39-20-31-27)19-28(35)26(14-12-22-8-5-4-6-9-22)32-30(36)23-10-7-11-24(34)16-23/h4-11,13,15-17,20-21,26,28,34-35H,3,12,14,18-19H2,1-2H3,(H,32,36)/t21-,26-,28+/m0/s1. The van der Waals surface area contributed by atoms with E-state index in [0.29, 0.717) is 12.8 Å². The van der Waals surface area contributed by atoms with Crippen molar-refractivity contribution in [1.82, 2.24) is 14.6 Å². The minimum Gasteiger partial charge on any atom is -0.508 e. The number of rotatable bonds is 13. The first kappa shape index (κ1) is 29.7. The number of aryl methyl sites for hydroxylation is 1. The number of carbonyl (C=O) groups is 1.